The van der Waals surface area contributed by atoms with E-state index in [4.69, 9.17) is 5.73 Å². The molecule has 1 amide bonds. The van der Waals surface area contributed by atoms with Gasteiger partial charge in [0.25, 0.3) is 5.91 Å². The highest BCUT2D eigenvalue weighted by atomic mass is 16.2. The number of carbonyl (C=O) groups is 1. The largest absolute Gasteiger partial charge is 0.396 e. The van der Waals surface area contributed by atoms with E-state index in [9.17, 15) is 4.79 Å². The number of rotatable bonds is 2. The monoisotopic (exact) mass is 264 g/mol. The fourth-order valence-corrected chi connectivity index (χ4v) is 2.81. The summed E-state index contributed by atoms with van der Waals surface area (Å²) in [5.41, 5.74) is 6.70. The van der Waals surface area contributed by atoms with Crippen LogP contribution in [0.1, 0.15) is 43.6 Å². The third-order valence-electron chi connectivity index (χ3n) is 4.06. The molecule has 0 bridgehead atoms. The zero-order valence-electron chi connectivity index (χ0n) is 12.1. The molecular formula is C14H24N4O. The quantitative estimate of drug-likeness (QED) is 0.887. The average molecular weight is 264 g/mol. The van der Waals surface area contributed by atoms with Crippen LogP contribution in [0, 0.1) is 11.8 Å². The predicted octanol–water partition coefficient (Wildman–Crippen LogP) is 1.90. The maximum Gasteiger partial charge on any atom is 0.276 e. The Morgan fingerprint density at radius 3 is 2.74 bits per heavy atom. The molecule has 0 aromatic carbocycles. The predicted molar refractivity (Wildman–Crippen MR) is 75.7 cm³/mol. The van der Waals surface area contributed by atoms with Crippen LogP contribution in [0.2, 0.25) is 0 Å². The molecule has 106 valence electrons. The minimum Gasteiger partial charge on any atom is -0.396 e. The molecule has 2 heterocycles. The van der Waals surface area contributed by atoms with Gasteiger partial charge in [-0.1, -0.05) is 13.8 Å². The average Bonchev–Trinajstić information content (AvgIpc) is 2.57. The highest BCUT2D eigenvalue weighted by Gasteiger charge is 2.25. The summed E-state index contributed by atoms with van der Waals surface area (Å²) in [4.78, 5) is 14.3. The van der Waals surface area contributed by atoms with Crippen molar-refractivity contribution in [1.82, 2.24) is 14.7 Å². The summed E-state index contributed by atoms with van der Waals surface area (Å²) < 4.78 is 1.59. The first-order valence-electron chi connectivity index (χ1n) is 7.07. The molecule has 1 fully saturated rings. The van der Waals surface area contributed by atoms with Crippen molar-refractivity contribution < 1.29 is 4.79 Å². The molecule has 0 radical (unpaired) electrons. The van der Waals surface area contributed by atoms with E-state index in [1.165, 1.54) is 6.42 Å². The van der Waals surface area contributed by atoms with Gasteiger partial charge in [-0.15, -0.1) is 0 Å². The van der Waals surface area contributed by atoms with Gasteiger partial charge in [0, 0.05) is 26.3 Å². The lowest BCUT2D eigenvalue weighted by molar-refractivity contribution is 0.0753. The summed E-state index contributed by atoms with van der Waals surface area (Å²) in [6.45, 7) is 6.16. The topological polar surface area (TPSA) is 64.2 Å². The fourth-order valence-electron chi connectivity index (χ4n) is 2.81. The van der Waals surface area contributed by atoms with Gasteiger partial charge in [0.15, 0.2) is 5.69 Å². The van der Waals surface area contributed by atoms with E-state index >= 15 is 0 Å². The highest BCUT2D eigenvalue weighted by molar-refractivity contribution is 5.97. The van der Waals surface area contributed by atoms with Crippen LogP contribution in [-0.4, -0.2) is 33.7 Å². The lowest BCUT2D eigenvalue weighted by Gasteiger charge is -2.21. The van der Waals surface area contributed by atoms with Crippen LogP contribution < -0.4 is 5.73 Å². The second-order valence-corrected chi connectivity index (χ2v) is 5.83. The molecule has 19 heavy (non-hydrogen) atoms. The zero-order chi connectivity index (χ0) is 14.0. The Balaban J connectivity index is 2.06. The van der Waals surface area contributed by atoms with E-state index < -0.39 is 0 Å². The van der Waals surface area contributed by atoms with Crippen molar-refractivity contribution in [2.24, 2.45) is 18.9 Å². The molecule has 1 atom stereocenters. The Morgan fingerprint density at radius 2 is 2.16 bits per heavy atom. The lowest BCUT2D eigenvalue weighted by Crippen LogP contribution is -2.33. The summed E-state index contributed by atoms with van der Waals surface area (Å²) >= 11 is 0. The van der Waals surface area contributed by atoms with Crippen molar-refractivity contribution in [1.29, 1.82) is 0 Å². The number of nitrogen functional groups attached to an aromatic ring is 1. The van der Waals surface area contributed by atoms with E-state index in [0.717, 1.165) is 31.8 Å². The Hall–Kier alpha value is -1.52. The summed E-state index contributed by atoms with van der Waals surface area (Å²) in [6, 6.07) is 0. The number of hydrogen-bond donors (Lipinski definition) is 1. The minimum atomic E-state index is -0.0255. The third-order valence-corrected chi connectivity index (χ3v) is 4.06. The van der Waals surface area contributed by atoms with Crippen molar-refractivity contribution in [3.63, 3.8) is 0 Å². The molecule has 1 aromatic heterocycles. The van der Waals surface area contributed by atoms with Crippen LogP contribution in [0.15, 0.2) is 6.20 Å². The first-order valence-corrected chi connectivity index (χ1v) is 7.07. The standard InChI is InChI=1S/C14H24N4O/c1-10(2)11-5-4-7-18(8-6-11)14(19)13-12(15)9-17(3)16-13/h9-11H,4-8,15H2,1-3H3. The van der Waals surface area contributed by atoms with E-state index in [2.05, 4.69) is 18.9 Å². The van der Waals surface area contributed by atoms with Crippen molar-refractivity contribution in [3.8, 4) is 0 Å². The number of nitrogens with two attached hydrogens (primary N) is 1. The normalized spacial score (nSPS) is 20.6. The van der Waals surface area contributed by atoms with Crippen molar-refractivity contribution >= 4 is 11.6 Å². The Kier molecular flexibility index (Phi) is 4.12. The van der Waals surface area contributed by atoms with E-state index in [1.807, 2.05) is 4.90 Å². The van der Waals surface area contributed by atoms with Crippen LogP contribution >= 0.6 is 0 Å². The smallest absolute Gasteiger partial charge is 0.276 e. The molecule has 1 saturated heterocycles. The van der Waals surface area contributed by atoms with E-state index in [1.54, 1.807) is 17.9 Å². The molecule has 0 saturated carbocycles. The van der Waals surface area contributed by atoms with Gasteiger partial charge in [0.1, 0.15) is 0 Å². The molecule has 1 aliphatic rings. The van der Waals surface area contributed by atoms with Gasteiger partial charge >= 0.3 is 0 Å². The molecule has 1 unspecified atom stereocenters. The number of nitrogens with zero attached hydrogens (tertiary/aromatic N) is 3. The third kappa shape index (κ3) is 3.08. The van der Waals surface area contributed by atoms with Gasteiger partial charge in [0.05, 0.1) is 5.69 Å². The second kappa shape index (κ2) is 5.63. The number of amides is 1. The van der Waals surface area contributed by atoms with Crippen LogP contribution in [0.3, 0.4) is 0 Å². The molecule has 0 aliphatic carbocycles. The molecule has 5 heteroatoms. The van der Waals surface area contributed by atoms with Gasteiger partial charge in [-0.05, 0) is 31.1 Å². The van der Waals surface area contributed by atoms with Crippen LogP contribution in [0.25, 0.3) is 0 Å². The molecule has 1 aliphatic heterocycles. The summed E-state index contributed by atoms with van der Waals surface area (Å²) in [5.74, 6) is 1.39. The minimum absolute atomic E-state index is 0.0255. The molecule has 5 nitrogen and oxygen atoms in total. The van der Waals surface area contributed by atoms with Gasteiger partial charge in [-0.25, -0.2) is 0 Å². The highest BCUT2D eigenvalue weighted by Crippen LogP contribution is 2.25. The summed E-state index contributed by atoms with van der Waals surface area (Å²) in [5, 5.41) is 4.17. The first-order chi connectivity index (χ1) is 8.99. The van der Waals surface area contributed by atoms with Gasteiger partial charge in [-0.3, -0.25) is 9.48 Å². The van der Waals surface area contributed by atoms with Crippen LogP contribution in [0.4, 0.5) is 5.69 Å². The SMILES string of the molecule is CC(C)C1CCCN(C(=O)c2nn(C)cc2N)CC1. The van der Waals surface area contributed by atoms with Crippen molar-refractivity contribution in [3.05, 3.63) is 11.9 Å². The van der Waals surface area contributed by atoms with Crippen molar-refractivity contribution in [2.75, 3.05) is 18.8 Å². The number of hydrogen-bond acceptors (Lipinski definition) is 3. The van der Waals surface area contributed by atoms with Crippen LogP contribution in [-0.2, 0) is 7.05 Å². The van der Waals surface area contributed by atoms with Gasteiger partial charge in [-0.2, -0.15) is 5.10 Å². The summed E-state index contributed by atoms with van der Waals surface area (Å²) in [7, 11) is 1.78. The number of carbonyl (C=O) groups excluding carboxylic acids is 1. The number of anilines is 1. The molecule has 0 spiro atoms. The van der Waals surface area contributed by atoms with Gasteiger partial charge in [0.2, 0.25) is 0 Å². The first kappa shape index (κ1) is 13.9. The molecular weight excluding hydrogens is 240 g/mol. The maximum atomic E-state index is 12.4. The molecule has 2 rings (SSSR count). The number of aromatic nitrogens is 2. The fraction of sp³-hybridized carbons (Fsp3) is 0.714. The number of aryl methyl sites for hydroxylation is 1. The maximum absolute atomic E-state index is 12.4. The molecule has 2 N–H and O–H groups in total. The second-order valence-electron chi connectivity index (χ2n) is 5.83. The zero-order valence-corrected chi connectivity index (χ0v) is 12.1. The number of likely N-dealkylation sites (tertiary alicyclic amines) is 1. The van der Waals surface area contributed by atoms with E-state index in [0.29, 0.717) is 17.3 Å². The summed E-state index contributed by atoms with van der Waals surface area (Å²) in [6.07, 6.45) is 5.04. The Labute approximate surface area is 114 Å². The Morgan fingerprint density at radius 1 is 1.42 bits per heavy atom. The Bertz CT molecular complexity index is 452. The van der Waals surface area contributed by atoms with Crippen LogP contribution in [0.5, 0.6) is 0 Å². The van der Waals surface area contributed by atoms with E-state index in [-0.39, 0.29) is 5.91 Å². The molecule has 1 aromatic rings. The lowest BCUT2D eigenvalue weighted by atomic mass is 9.89. The van der Waals surface area contributed by atoms with Crippen molar-refractivity contribution in [2.45, 2.75) is 33.1 Å². The van der Waals surface area contributed by atoms with Gasteiger partial charge < -0.3 is 10.6 Å².